The van der Waals surface area contributed by atoms with Gasteiger partial charge < -0.3 is 5.73 Å². The molecule has 6 atom stereocenters. The lowest BCUT2D eigenvalue weighted by Crippen LogP contribution is -2.63. The zero-order chi connectivity index (χ0) is 10.2. The molecule has 0 amide bonds. The van der Waals surface area contributed by atoms with Gasteiger partial charge in [-0.15, -0.1) is 11.6 Å². The molecule has 0 aliphatic heterocycles. The first-order valence-corrected chi connectivity index (χ1v) is 5.52. The van der Waals surface area contributed by atoms with E-state index in [0.717, 1.165) is 0 Å². The number of alkyl halides is 4. The fraction of sp³-hybridized carbons (Fsp3) is 1.00. The highest BCUT2D eigenvalue weighted by Crippen LogP contribution is 2.32. The molecular weight excluding hydrogens is 286 g/mol. The number of halogens is 4. The molecule has 1 fully saturated rings. The predicted molar refractivity (Wildman–Crippen MR) is 56.0 cm³/mol. The van der Waals surface area contributed by atoms with E-state index >= 15 is 0 Å². The van der Waals surface area contributed by atoms with Crippen molar-refractivity contribution in [1.82, 2.24) is 4.72 Å². The zero-order valence-corrected chi connectivity index (χ0v) is 9.74. The van der Waals surface area contributed by atoms with Crippen molar-refractivity contribution in [2.75, 3.05) is 0 Å². The van der Waals surface area contributed by atoms with Crippen molar-refractivity contribution in [2.45, 2.75) is 34.6 Å². The van der Waals surface area contributed by atoms with E-state index in [1.165, 1.54) is 0 Å². The van der Waals surface area contributed by atoms with Crippen molar-refractivity contribution in [1.29, 1.82) is 0 Å². The number of thiol groups is 1. The number of rotatable bonds is 1. The molecule has 3 N–H and O–H groups in total. The van der Waals surface area contributed by atoms with Gasteiger partial charge in [-0.3, -0.25) is 4.72 Å². The first-order chi connectivity index (χ1) is 6.00. The van der Waals surface area contributed by atoms with Crippen molar-refractivity contribution < 1.29 is 8.78 Å². The summed E-state index contributed by atoms with van der Waals surface area (Å²) in [5, 5.41) is -1.02. The molecule has 0 aromatic rings. The Hall–Kier alpha value is 0.900. The Labute approximate surface area is 94.2 Å². The van der Waals surface area contributed by atoms with E-state index in [9.17, 15) is 8.78 Å². The van der Waals surface area contributed by atoms with Gasteiger partial charge in [0.25, 0.3) is 0 Å². The molecule has 0 aromatic carbocycles. The summed E-state index contributed by atoms with van der Waals surface area (Å²) < 4.78 is 28.8. The summed E-state index contributed by atoms with van der Waals surface area (Å²) in [7, 11) is 0. The van der Waals surface area contributed by atoms with Crippen LogP contribution in [-0.2, 0) is 0 Å². The standard InChI is InChI=1S/C6H10BrClF2N2S/c7-1-3(9)4(10)2(8)5(11)6(1)12-13/h1-6,12-13H,11H2. The molecule has 1 aliphatic carbocycles. The predicted octanol–water partition coefficient (Wildman–Crippen LogP) is 1.18. The monoisotopic (exact) mass is 294 g/mol. The van der Waals surface area contributed by atoms with Crippen molar-refractivity contribution in [3.05, 3.63) is 0 Å². The van der Waals surface area contributed by atoms with Crippen LogP contribution in [-0.4, -0.2) is 34.6 Å². The van der Waals surface area contributed by atoms with Crippen LogP contribution in [0.25, 0.3) is 0 Å². The largest absolute Gasteiger partial charge is 0.325 e. The second kappa shape index (κ2) is 4.61. The van der Waals surface area contributed by atoms with E-state index in [2.05, 4.69) is 33.5 Å². The van der Waals surface area contributed by atoms with Gasteiger partial charge in [0.1, 0.15) is 6.17 Å². The highest BCUT2D eigenvalue weighted by atomic mass is 79.9. The number of nitrogens with one attached hydrogen (secondary N) is 1. The number of hydrogen-bond acceptors (Lipinski definition) is 3. The first-order valence-electron chi connectivity index (χ1n) is 3.72. The second-order valence-electron chi connectivity index (χ2n) is 3.01. The second-order valence-corrected chi connectivity index (χ2v) is 4.83. The van der Waals surface area contributed by atoms with Gasteiger partial charge in [0, 0.05) is 12.1 Å². The Bertz CT molecular complexity index is 174. The lowest BCUT2D eigenvalue weighted by molar-refractivity contribution is 0.108. The number of hydrogen-bond donors (Lipinski definition) is 3. The van der Waals surface area contributed by atoms with Gasteiger partial charge in [0.15, 0.2) is 6.17 Å². The van der Waals surface area contributed by atoms with Crippen LogP contribution in [0.1, 0.15) is 0 Å². The molecular formula is C6H10BrClF2N2S. The minimum atomic E-state index is -1.74. The minimum absolute atomic E-state index is 0.479. The summed E-state index contributed by atoms with van der Waals surface area (Å²) in [6.07, 6.45) is -3.40. The van der Waals surface area contributed by atoms with Crippen LogP contribution < -0.4 is 10.5 Å². The van der Waals surface area contributed by atoms with E-state index in [-0.39, 0.29) is 0 Å². The van der Waals surface area contributed by atoms with Gasteiger partial charge in [-0.1, -0.05) is 28.7 Å². The maximum Gasteiger partial charge on any atom is 0.150 e. The van der Waals surface area contributed by atoms with E-state index < -0.39 is 34.6 Å². The van der Waals surface area contributed by atoms with Crippen LogP contribution in [0.3, 0.4) is 0 Å². The highest BCUT2D eigenvalue weighted by molar-refractivity contribution is 9.09. The van der Waals surface area contributed by atoms with Crippen LogP contribution in [0.2, 0.25) is 0 Å². The maximum atomic E-state index is 13.2. The van der Waals surface area contributed by atoms with Crippen LogP contribution in [0.4, 0.5) is 8.78 Å². The highest BCUT2D eigenvalue weighted by Gasteiger charge is 2.48. The fourth-order valence-corrected chi connectivity index (χ4v) is 2.94. The van der Waals surface area contributed by atoms with Crippen molar-refractivity contribution >= 4 is 40.3 Å². The van der Waals surface area contributed by atoms with Crippen LogP contribution >= 0.6 is 40.3 Å². The lowest BCUT2D eigenvalue weighted by atomic mass is 9.88. The normalized spacial score (nSPS) is 52.2. The average Bonchev–Trinajstić information content (AvgIpc) is 2.13. The molecule has 0 aromatic heterocycles. The Morgan fingerprint density at radius 1 is 1.38 bits per heavy atom. The fourth-order valence-electron chi connectivity index (χ4n) is 1.33. The topological polar surface area (TPSA) is 38.0 Å². The first kappa shape index (κ1) is 12.0. The van der Waals surface area contributed by atoms with Crippen LogP contribution in [0, 0.1) is 0 Å². The molecule has 0 spiro atoms. The van der Waals surface area contributed by atoms with E-state index in [0.29, 0.717) is 0 Å². The molecule has 1 saturated carbocycles. The molecule has 0 heterocycles. The molecule has 0 bridgehead atoms. The molecule has 0 saturated heterocycles. The van der Waals surface area contributed by atoms with E-state index in [1.54, 1.807) is 0 Å². The summed E-state index contributed by atoms with van der Waals surface area (Å²) in [4.78, 5) is -0.704. The third-order valence-electron chi connectivity index (χ3n) is 2.19. The van der Waals surface area contributed by atoms with Gasteiger partial charge in [0.05, 0.1) is 10.2 Å². The summed E-state index contributed by atoms with van der Waals surface area (Å²) in [5.74, 6) is 0. The molecule has 2 nitrogen and oxygen atoms in total. The van der Waals surface area contributed by atoms with Crippen LogP contribution in [0.5, 0.6) is 0 Å². The Balaban J connectivity index is 2.79. The minimum Gasteiger partial charge on any atom is -0.325 e. The average molecular weight is 296 g/mol. The smallest absolute Gasteiger partial charge is 0.150 e. The number of nitrogens with two attached hydrogens (primary N) is 1. The van der Waals surface area contributed by atoms with Gasteiger partial charge in [0.2, 0.25) is 0 Å². The molecule has 1 rings (SSSR count). The molecule has 1 aliphatic rings. The van der Waals surface area contributed by atoms with Crippen molar-refractivity contribution in [3.8, 4) is 0 Å². The Morgan fingerprint density at radius 2 is 1.92 bits per heavy atom. The Morgan fingerprint density at radius 3 is 2.38 bits per heavy atom. The maximum absolute atomic E-state index is 13.2. The molecule has 78 valence electrons. The quantitative estimate of drug-likeness (QED) is 0.502. The van der Waals surface area contributed by atoms with Gasteiger partial charge in [-0.05, 0) is 0 Å². The van der Waals surface area contributed by atoms with Crippen LogP contribution in [0.15, 0.2) is 0 Å². The molecule has 13 heavy (non-hydrogen) atoms. The summed E-state index contributed by atoms with van der Waals surface area (Å²) >= 11 is 12.4. The van der Waals surface area contributed by atoms with E-state index in [1.807, 2.05) is 0 Å². The van der Waals surface area contributed by atoms with Gasteiger partial charge >= 0.3 is 0 Å². The van der Waals surface area contributed by atoms with Crippen molar-refractivity contribution in [2.24, 2.45) is 5.73 Å². The molecule has 7 heteroatoms. The molecule has 6 unspecified atom stereocenters. The molecule has 0 radical (unpaired) electrons. The Kier molecular flexibility index (Phi) is 4.25. The summed E-state index contributed by atoms with van der Waals surface area (Å²) in [5.41, 5.74) is 5.60. The van der Waals surface area contributed by atoms with Crippen molar-refractivity contribution in [3.63, 3.8) is 0 Å². The summed E-state index contributed by atoms with van der Waals surface area (Å²) in [6.45, 7) is 0. The zero-order valence-electron chi connectivity index (χ0n) is 6.50. The van der Waals surface area contributed by atoms with Gasteiger partial charge in [-0.2, -0.15) is 0 Å². The van der Waals surface area contributed by atoms with Gasteiger partial charge in [-0.25, -0.2) is 8.78 Å². The third kappa shape index (κ3) is 2.12. The summed E-state index contributed by atoms with van der Waals surface area (Å²) in [6, 6.07) is -1.14. The van der Waals surface area contributed by atoms with E-state index in [4.69, 9.17) is 17.3 Å². The SMILES string of the molecule is NC1C(Cl)C(F)C(F)C(Br)C1NS. The third-order valence-corrected chi connectivity index (χ3v) is 4.09. The lowest BCUT2D eigenvalue weighted by Gasteiger charge is -2.39.